The molecule has 0 aliphatic heterocycles. The smallest absolute Gasteiger partial charge is 0.281 e. The number of hydrogen-bond acceptors (Lipinski definition) is 4. The Kier molecular flexibility index (Phi) is 4.31. The third-order valence-electron chi connectivity index (χ3n) is 1.68. The third kappa shape index (κ3) is 4.56. The second kappa shape index (κ2) is 4.36. The van der Waals surface area contributed by atoms with Crippen LogP contribution in [0.1, 0.15) is 27.2 Å². The number of hydrogen-bond donors (Lipinski definition) is 3. The molecule has 0 aromatic rings. The molecule has 0 heterocycles. The van der Waals surface area contributed by atoms with Crippen molar-refractivity contribution in [2.75, 3.05) is 6.61 Å². The summed E-state index contributed by atoms with van der Waals surface area (Å²) in [5.41, 5.74) is -0.712. The van der Waals surface area contributed by atoms with Gasteiger partial charge in [0.2, 0.25) is 0 Å². The van der Waals surface area contributed by atoms with Crippen LogP contribution in [0.25, 0.3) is 0 Å². The fourth-order valence-corrected chi connectivity index (χ4v) is 1.76. The Bertz CT molecular complexity index is 247. The van der Waals surface area contributed by atoms with Gasteiger partial charge in [-0.05, 0) is 20.3 Å². The molecule has 0 saturated heterocycles. The lowest BCUT2D eigenvalue weighted by Gasteiger charge is -2.27. The molecule has 3 N–H and O–H groups in total. The van der Waals surface area contributed by atoms with Crippen LogP contribution in [0.2, 0.25) is 0 Å². The van der Waals surface area contributed by atoms with Gasteiger partial charge in [0.15, 0.2) is 0 Å². The lowest BCUT2D eigenvalue weighted by molar-refractivity contribution is 0.182. The number of aliphatic hydroxyl groups excluding tert-OH is 1. The SMILES string of the molecule is CCC(NC(C)(C)CO)S(=O)(=O)O. The molecule has 0 fully saturated rings. The Morgan fingerprint density at radius 3 is 2.15 bits per heavy atom. The Morgan fingerprint density at radius 2 is 1.92 bits per heavy atom. The van der Waals surface area contributed by atoms with Crippen molar-refractivity contribution in [3.05, 3.63) is 0 Å². The zero-order chi connectivity index (χ0) is 10.7. The highest BCUT2D eigenvalue weighted by Crippen LogP contribution is 2.08. The zero-order valence-corrected chi connectivity index (χ0v) is 8.93. The average Bonchev–Trinajstić information content (AvgIpc) is 1.98. The van der Waals surface area contributed by atoms with E-state index in [1.165, 1.54) is 0 Å². The molecule has 5 nitrogen and oxygen atoms in total. The molecule has 6 heteroatoms. The topological polar surface area (TPSA) is 86.6 Å². The maximum absolute atomic E-state index is 10.8. The second-order valence-electron chi connectivity index (χ2n) is 3.60. The fraction of sp³-hybridized carbons (Fsp3) is 1.00. The van der Waals surface area contributed by atoms with Gasteiger partial charge in [-0.15, -0.1) is 0 Å². The minimum atomic E-state index is -4.08. The summed E-state index contributed by atoms with van der Waals surface area (Å²) in [4.78, 5) is 0. The number of nitrogens with one attached hydrogen (secondary N) is 1. The molecule has 0 aromatic carbocycles. The summed E-state index contributed by atoms with van der Waals surface area (Å²) in [5, 5.41) is 10.5. The van der Waals surface area contributed by atoms with Gasteiger partial charge in [0.05, 0.1) is 6.61 Å². The van der Waals surface area contributed by atoms with Crippen molar-refractivity contribution in [2.45, 2.75) is 38.1 Å². The first-order chi connectivity index (χ1) is 5.73. The molecular formula is C7H17NO4S. The van der Waals surface area contributed by atoms with Gasteiger partial charge in [-0.1, -0.05) is 6.92 Å². The molecule has 0 radical (unpaired) electrons. The van der Waals surface area contributed by atoms with E-state index >= 15 is 0 Å². The van der Waals surface area contributed by atoms with Gasteiger partial charge in [-0.3, -0.25) is 9.87 Å². The molecule has 80 valence electrons. The molecule has 0 spiro atoms. The van der Waals surface area contributed by atoms with Crippen molar-refractivity contribution < 1.29 is 18.1 Å². The van der Waals surface area contributed by atoms with Gasteiger partial charge in [0, 0.05) is 5.54 Å². The van der Waals surface area contributed by atoms with E-state index in [2.05, 4.69) is 5.32 Å². The van der Waals surface area contributed by atoms with Crippen LogP contribution < -0.4 is 5.32 Å². The Hall–Kier alpha value is -0.170. The first-order valence-electron chi connectivity index (χ1n) is 4.08. The maximum atomic E-state index is 10.8. The quantitative estimate of drug-likeness (QED) is 0.556. The second-order valence-corrected chi connectivity index (χ2v) is 5.20. The molecule has 1 atom stereocenters. The molecule has 0 aromatic heterocycles. The van der Waals surface area contributed by atoms with Crippen molar-refractivity contribution in [1.82, 2.24) is 5.32 Å². The summed E-state index contributed by atoms with van der Waals surface area (Å²) < 4.78 is 30.3. The highest BCUT2D eigenvalue weighted by molar-refractivity contribution is 7.86. The van der Waals surface area contributed by atoms with Crippen LogP contribution in [0.4, 0.5) is 0 Å². The molecule has 0 saturated carbocycles. The van der Waals surface area contributed by atoms with Crippen molar-refractivity contribution in [1.29, 1.82) is 0 Å². The minimum Gasteiger partial charge on any atom is -0.394 e. The van der Waals surface area contributed by atoms with Gasteiger partial charge < -0.3 is 5.11 Å². The highest BCUT2D eigenvalue weighted by atomic mass is 32.2. The Balaban J connectivity index is 4.49. The molecule has 0 rings (SSSR count). The van der Waals surface area contributed by atoms with E-state index in [4.69, 9.17) is 9.66 Å². The monoisotopic (exact) mass is 211 g/mol. The van der Waals surface area contributed by atoms with Crippen LogP contribution in [-0.2, 0) is 10.1 Å². The molecule has 1 unspecified atom stereocenters. The first kappa shape index (κ1) is 12.8. The third-order valence-corrected chi connectivity index (χ3v) is 2.85. The number of aliphatic hydroxyl groups is 1. The minimum absolute atomic E-state index is 0.195. The molecular weight excluding hydrogens is 194 g/mol. The first-order valence-corrected chi connectivity index (χ1v) is 5.58. The largest absolute Gasteiger partial charge is 0.394 e. The van der Waals surface area contributed by atoms with E-state index in [1.807, 2.05) is 0 Å². The summed E-state index contributed by atoms with van der Waals surface area (Å²) >= 11 is 0. The molecule has 13 heavy (non-hydrogen) atoms. The van der Waals surface area contributed by atoms with E-state index in [9.17, 15) is 8.42 Å². The van der Waals surface area contributed by atoms with Crippen molar-refractivity contribution in [2.24, 2.45) is 0 Å². The molecule has 0 aliphatic rings. The van der Waals surface area contributed by atoms with E-state index in [0.717, 1.165) is 0 Å². The van der Waals surface area contributed by atoms with Gasteiger partial charge >= 0.3 is 0 Å². The zero-order valence-electron chi connectivity index (χ0n) is 8.11. The van der Waals surface area contributed by atoms with E-state index < -0.39 is 21.0 Å². The van der Waals surface area contributed by atoms with Crippen LogP contribution in [0.3, 0.4) is 0 Å². The summed E-state index contributed by atoms with van der Waals surface area (Å²) in [6.07, 6.45) is 0.252. The van der Waals surface area contributed by atoms with Crippen LogP contribution in [0.5, 0.6) is 0 Å². The Labute approximate surface area is 78.9 Å². The standard InChI is InChI=1S/C7H17NO4S/c1-4-6(13(10,11)12)8-7(2,3)5-9/h6,8-9H,4-5H2,1-3H3,(H,10,11,12). The van der Waals surface area contributed by atoms with Crippen LogP contribution in [-0.4, -0.2) is 35.6 Å². The summed E-state index contributed by atoms with van der Waals surface area (Å²) in [6, 6.07) is 0. The van der Waals surface area contributed by atoms with Crippen molar-refractivity contribution >= 4 is 10.1 Å². The van der Waals surface area contributed by atoms with Gasteiger partial charge in [0.1, 0.15) is 5.37 Å². The van der Waals surface area contributed by atoms with E-state index in [0.29, 0.717) is 0 Å². The lowest BCUT2D eigenvalue weighted by Crippen LogP contribution is -2.51. The van der Waals surface area contributed by atoms with Crippen molar-refractivity contribution in [3.8, 4) is 0 Å². The fourth-order valence-electron chi connectivity index (χ4n) is 0.869. The van der Waals surface area contributed by atoms with Gasteiger partial charge in [-0.2, -0.15) is 8.42 Å². The predicted molar refractivity (Wildman–Crippen MR) is 49.9 cm³/mol. The van der Waals surface area contributed by atoms with E-state index in [-0.39, 0.29) is 13.0 Å². The molecule has 0 bridgehead atoms. The van der Waals surface area contributed by atoms with Gasteiger partial charge in [0.25, 0.3) is 10.1 Å². The molecule has 0 amide bonds. The van der Waals surface area contributed by atoms with Crippen LogP contribution in [0.15, 0.2) is 0 Å². The summed E-state index contributed by atoms with van der Waals surface area (Å²) in [5.74, 6) is 0. The lowest BCUT2D eigenvalue weighted by atomic mass is 10.1. The summed E-state index contributed by atoms with van der Waals surface area (Å²) in [7, 11) is -4.08. The predicted octanol–water partition coefficient (Wildman–Crippen LogP) is -0.0292. The van der Waals surface area contributed by atoms with Crippen molar-refractivity contribution in [3.63, 3.8) is 0 Å². The molecule has 0 aliphatic carbocycles. The van der Waals surface area contributed by atoms with E-state index in [1.54, 1.807) is 20.8 Å². The van der Waals surface area contributed by atoms with Crippen LogP contribution >= 0.6 is 0 Å². The Morgan fingerprint density at radius 1 is 1.46 bits per heavy atom. The average molecular weight is 211 g/mol. The van der Waals surface area contributed by atoms with Gasteiger partial charge in [-0.25, -0.2) is 0 Å². The normalized spacial score (nSPS) is 15.8. The summed E-state index contributed by atoms with van der Waals surface area (Å²) in [6.45, 7) is 4.75. The maximum Gasteiger partial charge on any atom is 0.281 e. The number of rotatable bonds is 5. The van der Waals surface area contributed by atoms with Crippen LogP contribution in [0, 0.1) is 0 Å². The highest BCUT2D eigenvalue weighted by Gasteiger charge is 2.27.